The summed E-state index contributed by atoms with van der Waals surface area (Å²) in [6.07, 6.45) is 1.17. The summed E-state index contributed by atoms with van der Waals surface area (Å²) in [4.78, 5) is -0.00152. The second-order valence-corrected chi connectivity index (χ2v) is 7.81. The van der Waals surface area contributed by atoms with Crippen LogP contribution >= 0.6 is 11.6 Å². The summed E-state index contributed by atoms with van der Waals surface area (Å²) in [6.45, 7) is 0.738. The van der Waals surface area contributed by atoms with E-state index in [9.17, 15) is 17.9 Å². The van der Waals surface area contributed by atoms with E-state index in [4.69, 9.17) is 11.6 Å². The molecule has 2 fully saturated rings. The number of nitrogens with zero attached hydrogens (tertiary/aromatic N) is 1. The van der Waals surface area contributed by atoms with Crippen LogP contribution in [-0.2, 0) is 10.0 Å². The van der Waals surface area contributed by atoms with E-state index in [-0.39, 0.29) is 21.8 Å². The zero-order chi connectivity index (χ0) is 14.5. The Hall–Kier alpha value is -0.690. The van der Waals surface area contributed by atoms with E-state index in [1.807, 2.05) is 0 Å². The Labute approximate surface area is 122 Å². The lowest BCUT2D eigenvalue weighted by Crippen LogP contribution is -2.31. The van der Waals surface area contributed by atoms with Crippen molar-refractivity contribution >= 4 is 21.6 Å². The molecule has 0 spiro atoms. The maximum absolute atomic E-state index is 13.1. The lowest BCUT2D eigenvalue weighted by atomic mass is 10.00. The fourth-order valence-electron chi connectivity index (χ4n) is 3.18. The molecule has 1 saturated carbocycles. The first-order chi connectivity index (χ1) is 9.39. The molecule has 3 atom stereocenters. The molecule has 1 N–H and O–H groups in total. The van der Waals surface area contributed by atoms with Crippen molar-refractivity contribution in [3.63, 3.8) is 0 Å². The molecule has 3 unspecified atom stereocenters. The fourth-order valence-corrected chi connectivity index (χ4v) is 4.98. The average molecular weight is 320 g/mol. The molecule has 20 heavy (non-hydrogen) atoms. The fraction of sp³-hybridized carbons (Fsp3) is 0.538. The van der Waals surface area contributed by atoms with Crippen molar-refractivity contribution < 1.29 is 17.9 Å². The number of halogens is 2. The summed E-state index contributed by atoms with van der Waals surface area (Å²) >= 11 is 5.65. The van der Waals surface area contributed by atoms with Crippen molar-refractivity contribution in [3.05, 3.63) is 29.0 Å². The van der Waals surface area contributed by atoms with Gasteiger partial charge in [-0.15, -0.1) is 0 Å². The van der Waals surface area contributed by atoms with Gasteiger partial charge >= 0.3 is 0 Å². The van der Waals surface area contributed by atoms with Crippen LogP contribution in [0.3, 0.4) is 0 Å². The molecule has 2 aliphatic rings. The van der Waals surface area contributed by atoms with Crippen LogP contribution in [0.15, 0.2) is 23.1 Å². The summed E-state index contributed by atoms with van der Waals surface area (Å²) in [5.41, 5.74) is 0. The van der Waals surface area contributed by atoms with Gasteiger partial charge in [-0.1, -0.05) is 11.6 Å². The number of aliphatic hydroxyl groups excluding tert-OH is 1. The Kier molecular flexibility index (Phi) is 3.52. The standard InChI is InChI=1S/C13H15ClFNO3S/c14-11-5-9(2-3-12(11)15)20(18,19)16-6-8-1-4-13(17)10(8)7-16/h2-3,5,8,10,13,17H,1,4,6-7H2. The highest BCUT2D eigenvalue weighted by atomic mass is 35.5. The molecule has 1 aromatic rings. The highest BCUT2D eigenvalue weighted by Crippen LogP contribution is 2.40. The van der Waals surface area contributed by atoms with Gasteiger partial charge < -0.3 is 5.11 Å². The molecule has 1 saturated heterocycles. The smallest absolute Gasteiger partial charge is 0.243 e. The molecule has 1 aliphatic carbocycles. The van der Waals surface area contributed by atoms with Crippen molar-refractivity contribution in [1.29, 1.82) is 0 Å². The van der Waals surface area contributed by atoms with Crippen LogP contribution in [0.5, 0.6) is 0 Å². The lowest BCUT2D eigenvalue weighted by molar-refractivity contribution is 0.129. The van der Waals surface area contributed by atoms with Gasteiger partial charge in [0.05, 0.1) is 16.0 Å². The van der Waals surface area contributed by atoms with Crippen LogP contribution in [0.25, 0.3) is 0 Å². The SMILES string of the molecule is O=S(=O)(c1ccc(F)c(Cl)c1)N1CC2CCC(O)C2C1. The van der Waals surface area contributed by atoms with Gasteiger partial charge in [0.2, 0.25) is 10.0 Å². The predicted molar refractivity (Wildman–Crippen MR) is 72.4 cm³/mol. The number of rotatable bonds is 2. The van der Waals surface area contributed by atoms with Crippen LogP contribution in [-0.4, -0.2) is 37.0 Å². The molecular formula is C13H15ClFNO3S. The van der Waals surface area contributed by atoms with Gasteiger partial charge in [-0.25, -0.2) is 12.8 Å². The van der Waals surface area contributed by atoms with Crippen LogP contribution in [0, 0.1) is 17.7 Å². The summed E-state index contributed by atoms with van der Waals surface area (Å²) < 4.78 is 39.5. The van der Waals surface area contributed by atoms with Gasteiger partial charge in [0.15, 0.2) is 0 Å². The molecule has 0 bridgehead atoms. The van der Waals surface area contributed by atoms with E-state index in [0.717, 1.165) is 25.0 Å². The molecule has 1 aromatic carbocycles. The van der Waals surface area contributed by atoms with Crippen molar-refractivity contribution in [2.75, 3.05) is 13.1 Å². The topological polar surface area (TPSA) is 57.6 Å². The monoisotopic (exact) mass is 319 g/mol. The summed E-state index contributed by atoms with van der Waals surface area (Å²) in [5.74, 6) is -0.407. The number of benzene rings is 1. The van der Waals surface area contributed by atoms with Crippen LogP contribution in [0.1, 0.15) is 12.8 Å². The Morgan fingerprint density at radius 3 is 2.70 bits per heavy atom. The van der Waals surface area contributed by atoms with Gasteiger partial charge in [-0.05, 0) is 37.0 Å². The number of hydrogen-bond donors (Lipinski definition) is 1. The second kappa shape index (κ2) is 4.94. The maximum atomic E-state index is 13.1. The second-order valence-electron chi connectivity index (χ2n) is 5.47. The van der Waals surface area contributed by atoms with Crippen molar-refractivity contribution in [3.8, 4) is 0 Å². The summed E-state index contributed by atoms with van der Waals surface area (Å²) in [5, 5.41) is 9.64. The normalized spacial score (nSPS) is 30.6. The molecular weight excluding hydrogens is 305 g/mol. The van der Waals surface area contributed by atoms with Gasteiger partial charge in [0, 0.05) is 19.0 Å². The first kappa shape index (κ1) is 14.3. The molecule has 4 nitrogen and oxygen atoms in total. The number of aliphatic hydroxyl groups is 1. The largest absolute Gasteiger partial charge is 0.393 e. The van der Waals surface area contributed by atoms with Crippen LogP contribution < -0.4 is 0 Å². The third-order valence-corrected chi connectivity index (χ3v) is 6.43. The molecule has 1 heterocycles. The maximum Gasteiger partial charge on any atom is 0.243 e. The van der Waals surface area contributed by atoms with E-state index < -0.39 is 21.9 Å². The highest BCUT2D eigenvalue weighted by Gasteiger charge is 2.45. The Morgan fingerprint density at radius 1 is 1.30 bits per heavy atom. The van der Waals surface area contributed by atoms with E-state index in [2.05, 4.69) is 0 Å². The van der Waals surface area contributed by atoms with Crippen LogP contribution in [0.2, 0.25) is 5.02 Å². The summed E-state index contributed by atoms with van der Waals surface area (Å²) in [7, 11) is -3.67. The van der Waals surface area contributed by atoms with Gasteiger partial charge in [0.25, 0.3) is 0 Å². The average Bonchev–Trinajstić information content (AvgIpc) is 2.96. The van der Waals surface area contributed by atoms with E-state index in [1.165, 1.54) is 10.4 Å². The Morgan fingerprint density at radius 2 is 2.05 bits per heavy atom. The van der Waals surface area contributed by atoms with Crippen LogP contribution in [0.4, 0.5) is 4.39 Å². The van der Waals surface area contributed by atoms with Gasteiger partial charge in [0.1, 0.15) is 5.82 Å². The minimum atomic E-state index is -3.67. The lowest BCUT2D eigenvalue weighted by Gasteiger charge is -2.18. The Balaban J connectivity index is 1.88. The molecule has 0 aromatic heterocycles. The molecule has 110 valence electrons. The van der Waals surface area contributed by atoms with Gasteiger partial charge in [-0.3, -0.25) is 0 Å². The molecule has 3 rings (SSSR count). The number of hydrogen-bond acceptors (Lipinski definition) is 3. The van der Waals surface area contributed by atoms with Crippen molar-refractivity contribution in [2.45, 2.75) is 23.8 Å². The first-order valence-electron chi connectivity index (χ1n) is 6.53. The molecule has 7 heteroatoms. The van der Waals surface area contributed by atoms with E-state index in [0.29, 0.717) is 13.1 Å². The zero-order valence-electron chi connectivity index (χ0n) is 10.7. The minimum Gasteiger partial charge on any atom is -0.393 e. The highest BCUT2D eigenvalue weighted by molar-refractivity contribution is 7.89. The number of fused-ring (bicyclic) bond motifs is 1. The Bertz CT molecular complexity index is 637. The summed E-state index contributed by atoms with van der Waals surface area (Å²) in [6, 6.07) is 3.42. The quantitative estimate of drug-likeness (QED) is 0.905. The minimum absolute atomic E-state index is 0.00152. The zero-order valence-corrected chi connectivity index (χ0v) is 12.2. The van der Waals surface area contributed by atoms with Crippen molar-refractivity contribution in [1.82, 2.24) is 4.31 Å². The molecule has 1 aliphatic heterocycles. The first-order valence-corrected chi connectivity index (χ1v) is 8.34. The molecule has 0 amide bonds. The van der Waals surface area contributed by atoms with E-state index >= 15 is 0 Å². The van der Waals surface area contributed by atoms with Gasteiger partial charge in [-0.2, -0.15) is 4.31 Å². The molecule has 0 radical (unpaired) electrons. The number of sulfonamides is 1. The van der Waals surface area contributed by atoms with Crippen molar-refractivity contribution in [2.24, 2.45) is 11.8 Å². The third-order valence-electron chi connectivity index (χ3n) is 4.31. The third kappa shape index (κ3) is 2.24. The van der Waals surface area contributed by atoms with E-state index in [1.54, 1.807) is 0 Å². The predicted octanol–water partition coefficient (Wildman–Crippen LogP) is 1.87.